The highest BCUT2D eigenvalue weighted by Crippen LogP contribution is 2.23. The summed E-state index contributed by atoms with van der Waals surface area (Å²) < 4.78 is 5.27. The first-order chi connectivity index (χ1) is 11.0. The first-order valence-electron chi connectivity index (χ1n) is 8.02. The van der Waals surface area contributed by atoms with Gasteiger partial charge in [0, 0.05) is 43.8 Å². The predicted molar refractivity (Wildman–Crippen MR) is 93.0 cm³/mol. The zero-order chi connectivity index (χ0) is 16.8. The van der Waals surface area contributed by atoms with Crippen molar-refractivity contribution in [2.75, 3.05) is 25.5 Å². The average Bonchev–Trinajstić information content (AvgIpc) is 2.50. The molecule has 2 aromatic rings. The third-order valence-corrected chi connectivity index (χ3v) is 3.78. The molecule has 1 amide bonds. The summed E-state index contributed by atoms with van der Waals surface area (Å²) in [5.74, 6) is -0.0651. The molecule has 0 aliphatic rings. The Balaban J connectivity index is 2.20. The van der Waals surface area contributed by atoms with Gasteiger partial charge in [-0.05, 0) is 24.1 Å². The quantitative estimate of drug-likeness (QED) is 0.630. The number of benzene rings is 1. The molecule has 1 aromatic heterocycles. The normalized spacial score (nSPS) is 10.7. The minimum Gasteiger partial charge on any atom is -0.423 e. The molecule has 0 atom stereocenters. The molecule has 0 fully saturated rings. The zero-order valence-electron chi connectivity index (χ0n) is 14.0. The van der Waals surface area contributed by atoms with Crippen LogP contribution < -0.4 is 15.8 Å². The summed E-state index contributed by atoms with van der Waals surface area (Å²) >= 11 is 0. The number of carbonyl (C=O) groups is 1. The Morgan fingerprint density at radius 2 is 2.00 bits per heavy atom. The van der Waals surface area contributed by atoms with Crippen LogP contribution in [0, 0.1) is 0 Å². The largest absolute Gasteiger partial charge is 0.423 e. The number of carbonyl (C=O) groups excluding carboxylic acids is 1. The molecule has 124 valence electrons. The highest BCUT2D eigenvalue weighted by atomic mass is 16.4. The number of fused-ring (bicyclic) bond motifs is 1. The van der Waals surface area contributed by atoms with E-state index in [1.165, 1.54) is 6.07 Å². The molecule has 0 spiro atoms. The maximum atomic E-state index is 12.1. The van der Waals surface area contributed by atoms with Gasteiger partial charge >= 0.3 is 5.63 Å². The zero-order valence-corrected chi connectivity index (χ0v) is 14.0. The van der Waals surface area contributed by atoms with E-state index in [0.717, 1.165) is 30.3 Å². The van der Waals surface area contributed by atoms with E-state index in [0.29, 0.717) is 17.7 Å². The fraction of sp³-hybridized carbons (Fsp3) is 0.444. The molecule has 0 aliphatic carbocycles. The van der Waals surface area contributed by atoms with E-state index >= 15 is 0 Å². The van der Waals surface area contributed by atoms with Crippen LogP contribution in [0.3, 0.4) is 0 Å². The maximum absolute atomic E-state index is 12.1. The summed E-state index contributed by atoms with van der Waals surface area (Å²) in [7, 11) is 3.85. The summed E-state index contributed by atoms with van der Waals surface area (Å²) in [6.07, 6.45) is 3.39. The molecule has 1 heterocycles. The van der Waals surface area contributed by atoms with Crippen molar-refractivity contribution >= 4 is 22.6 Å². The van der Waals surface area contributed by atoms with E-state index < -0.39 is 5.63 Å². The molecule has 1 aromatic carbocycles. The Hall–Kier alpha value is -2.30. The predicted octanol–water partition coefficient (Wildman–Crippen LogP) is 2.71. The molecule has 0 unspecified atom stereocenters. The fourth-order valence-corrected chi connectivity index (χ4v) is 2.48. The molecule has 5 nitrogen and oxygen atoms in total. The van der Waals surface area contributed by atoms with E-state index in [9.17, 15) is 9.59 Å². The molecular formula is C18H24N2O3. The molecule has 0 radical (unpaired) electrons. The molecule has 0 bridgehead atoms. The van der Waals surface area contributed by atoms with Crippen LogP contribution in [0.2, 0.25) is 0 Å². The summed E-state index contributed by atoms with van der Waals surface area (Å²) in [5.41, 5.74) is 1.73. The smallest absolute Gasteiger partial charge is 0.336 e. The Kier molecular flexibility index (Phi) is 5.79. The molecule has 2 rings (SSSR count). The van der Waals surface area contributed by atoms with Crippen LogP contribution in [-0.2, 0) is 11.2 Å². The SMILES string of the molecule is CCCCCNC(=O)Cc1cc(=O)oc2cc(N(C)C)ccc12. The second kappa shape index (κ2) is 7.81. The Morgan fingerprint density at radius 1 is 1.22 bits per heavy atom. The molecule has 0 aliphatic heterocycles. The number of hydrogen-bond acceptors (Lipinski definition) is 4. The number of hydrogen-bond donors (Lipinski definition) is 1. The average molecular weight is 316 g/mol. The first-order valence-corrected chi connectivity index (χ1v) is 8.02. The van der Waals surface area contributed by atoms with Gasteiger partial charge < -0.3 is 14.6 Å². The Morgan fingerprint density at radius 3 is 2.70 bits per heavy atom. The van der Waals surface area contributed by atoms with Crippen molar-refractivity contribution in [3.8, 4) is 0 Å². The van der Waals surface area contributed by atoms with Crippen LogP contribution in [0.15, 0.2) is 33.5 Å². The van der Waals surface area contributed by atoms with Crippen molar-refractivity contribution in [1.29, 1.82) is 0 Å². The van der Waals surface area contributed by atoms with Crippen molar-refractivity contribution in [2.45, 2.75) is 32.6 Å². The van der Waals surface area contributed by atoms with Crippen LogP contribution in [0.1, 0.15) is 31.7 Å². The molecule has 23 heavy (non-hydrogen) atoms. The Bertz CT molecular complexity index is 735. The summed E-state index contributed by atoms with van der Waals surface area (Å²) in [6, 6.07) is 7.07. The van der Waals surface area contributed by atoms with Gasteiger partial charge in [-0.15, -0.1) is 0 Å². The number of amides is 1. The lowest BCUT2D eigenvalue weighted by Gasteiger charge is -2.13. The van der Waals surface area contributed by atoms with E-state index in [-0.39, 0.29) is 12.3 Å². The van der Waals surface area contributed by atoms with Crippen LogP contribution in [0.5, 0.6) is 0 Å². The number of unbranched alkanes of at least 4 members (excludes halogenated alkanes) is 2. The van der Waals surface area contributed by atoms with Gasteiger partial charge in [0.15, 0.2) is 0 Å². The van der Waals surface area contributed by atoms with Crippen LogP contribution in [0.4, 0.5) is 5.69 Å². The van der Waals surface area contributed by atoms with Crippen LogP contribution >= 0.6 is 0 Å². The summed E-state index contributed by atoms with van der Waals surface area (Å²) in [5, 5.41) is 3.70. The summed E-state index contributed by atoms with van der Waals surface area (Å²) in [6.45, 7) is 2.80. The minimum atomic E-state index is -0.429. The van der Waals surface area contributed by atoms with E-state index in [4.69, 9.17) is 4.42 Å². The first kappa shape index (κ1) is 17.1. The molecule has 1 N–H and O–H groups in total. The lowest BCUT2D eigenvalue weighted by molar-refractivity contribution is -0.120. The van der Waals surface area contributed by atoms with Gasteiger partial charge in [0.25, 0.3) is 0 Å². The standard InChI is InChI=1S/C18H24N2O3/c1-4-5-6-9-19-17(21)10-13-11-18(22)23-16-12-14(20(2)3)7-8-15(13)16/h7-8,11-12H,4-6,9-10H2,1-3H3,(H,19,21). The monoisotopic (exact) mass is 316 g/mol. The van der Waals surface area contributed by atoms with Gasteiger partial charge in [-0.1, -0.05) is 19.8 Å². The molecule has 0 saturated carbocycles. The third kappa shape index (κ3) is 4.58. The van der Waals surface area contributed by atoms with Gasteiger partial charge in [0.1, 0.15) is 5.58 Å². The lowest BCUT2D eigenvalue weighted by Crippen LogP contribution is -2.26. The van der Waals surface area contributed by atoms with E-state index in [1.807, 2.05) is 37.2 Å². The Labute approximate surface area is 136 Å². The van der Waals surface area contributed by atoms with Gasteiger partial charge in [-0.25, -0.2) is 4.79 Å². The van der Waals surface area contributed by atoms with Crippen molar-refractivity contribution in [2.24, 2.45) is 0 Å². The third-order valence-electron chi connectivity index (χ3n) is 3.78. The van der Waals surface area contributed by atoms with Crippen LogP contribution in [-0.4, -0.2) is 26.5 Å². The minimum absolute atomic E-state index is 0.0651. The number of nitrogens with one attached hydrogen (secondary N) is 1. The second-order valence-electron chi connectivity index (χ2n) is 5.90. The van der Waals surface area contributed by atoms with Crippen LogP contribution in [0.25, 0.3) is 11.0 Å². The highest BCUT2D eigenvalue weighted by Gasteiger charge is 2.11. The van der Waals surface area contributed by atoms with E-state index in [1.54, 1.807) is 0 Å². The van der Waals surface area contributed by atoms with Crippen molar-refractivity contribution in [1.82, 2.24) is 5.32 Å². The van der Waals surface area contributed by atoms with Gasteiger partial charge in [-0.3, -0.25) is 4.79 Å². The van der Waals surface area contributed by atoms with Gasteiger partial charge in [-0.2, -0.15) is 0 Å². The van der Waals surface area contributed by atoms with Crippen molar-refractivity contribution < 1.29 is 9.21 Å². The number of nitrogens with zero attached hydrogens (tertiary/aromatic N) is 1. The van der Waals surface area contributed by atoms with Crippen molar-refractivity contribution in [3.63, 3.8) is 0 Å². The van der Waals surface area contributed by atoms with Gasteiger partial charge in [0.05, 0.1) is 6.42 Å². The maximum Gasteiger partial charge on any atom is 0.336 e. The number of rotatable bonds is 7. The van der Waals surface area contributed by atoms with Gasteiger partial charge in [0.2, 0.25) is 5.91 Å². The van der Waals surface area contributed by atoms with Crippen molar-refractivity contribution in [3.05, 3.63) is 40.2 Å². The second-order valence-corrected chi connectivity index (χ2v) is 5.90. The molecular weight excluding hydrogens is 292 g/mol. The summed E-state index contributed by atoms with van der Waals surface area (Å²) in [4.78, 5) is 25.7. The molecule has 0 saturated heterocycles. The lowest BCUT2D eigenvalue weighted by atomic mass is 10.1. The highest BCUT2D eigenvalue weighted by molar-refractivity contribution is 5.88. The fourth-order valence-electron chi connectivity index (χ4n) is 2.48. The topological polar surface area (TPSA) is 62.6 Å². The number of anilines is 1. The molecule has 5 heteroatoms. The van der Waals surface area contributed by atoms with E-state index in [2.05, 4.69) is 12.2 Å².